The second kappa shape index (κ2) is 7.78. The molecule has 2 aromatic rings. The Morgan fingerprint density at radius 1 is 1.21 bits per heavy atom. The Labute approximate surface area is 136 Å². The Kier molecular flexibility index (Phi) is 5.75. The van der Waals surface area contributed by atoms with E-state index in [1.807, 2.05) is 0 Å². The van der Waals surface area contributed by atoms with E-state index in [0.717, 1.165) is 18.2 Å². The van der Waals surface area contributed by atoms with Gasteiger partial charge >= 0.3 is 6.18 Å². The van der Waals surface area contributed by atoms with Gasteiger partial charge in [-0.2, -0.15) is 13.2 Å². The molecule has 8 heteroatoms. The zero-order valence-corrected chi connectivity index (χ0v) is 12.8. The molecule has 24 heavy (non-hydrogen) atoms. The Hall–Kier alpha value is -2.61. The number of carbonyl (C=O) groups is 1. The summed E-state index contributed by atoms with van der Waals surface area (Å²) in [7, 11) is 1.47. The predicted octanol–water partition coefficient (Wildman–Crippen LogP) is 3.38. The molecule has 1 aromatic heterocycles. The number of rotatable bonds is 6. The molecule has 0 spiro atoms. The minimum Gasteiger partial charge on any atom is -0.489 e. The fraction of sp³-hybridized carbons (Fsp3) is 0.250. The summed E-state index contributed by atoms with van der Waals surface area (Å²) in [4.78, 5) is 16.0. The van der Waals surface area contributed by atoms with E-state index in [4.69, 9.17) is 9.47 Å². The normalized spacial score (nSPS) is 11.2. The number of nitrogens with one attached hydrogen (secondary N) is 1. The largest absolute Gasteiger partial charge is 0.489 e. The van der Waals surface area contributed by atoms with Crippen LogP contribution in [0.1, 0.15) is 16.1 Å². The molecule has 1 amide bonds. The van der Waals surface area contributed by atoms with Crippen molar-refractivity contribution in [3.63, 3.8) is 0 Å². The first kappa shape index (κ1) is 17.7. The van der Waals surface area contributed by atoms with Crippen molar-refractivity contribution in [3.8, 4) is 5.75 Å². The van der Waals surface area contributed by atoms with E-state index >= 15 is 0 Å². The second-order valence-electron chi connectivity index (χ2n) is 4.72. The first-order valence-corrected chi connectivity index (χ1v) is 6.97. The van der Waals surface area contributed by atoms with E-state index in [-0.39, 0.29) is 30.3 Å². The van der Waals surface area contributed by atoms with E-state index in [1.54, 1.807) is 12.1 Å². The topological polar surface area (TPSA) is 60.5 Å². The molecule has 5 nitrogen and oxygen atoms in total. The summed E-state index contributed by atoms with van der Waals surface area (Å²) in [6.45, 7) is 0.392. The second-order valence-corrected chi connectivity index (χ2v) is 4.72. The Bertz CT molecular complexity index is 691. The summed E-state index contributed by atoms with van der Waals surface area (Å²) < 4.78 is 48.8. The van der Waals surface area contributed by atoms with Crippen LogP contribution in [-0.4, -0.2) is 31.2 Å². The molecule has 0 bridgehead atoms. The van der Waals surface area contributed by atoms with Gasteiger partial charge in [-0.15, -0.1) is 0 Å². The minimum absolute atomic E-state index is 0.0813. The number of alkyl halides is 3. The maximum atomic E-state index is 12.9. The number of halogens is 3. The molecule has 0 saturated heterocycles. The van der Waals surface area contributed by atoms with Gasteiger partial charge in [0.15, 0.2) is 0 Å². The summed E-state index contributed by atoms with van der Waals surface area (Å²) in [5.74, 6) is -0.518. The lowest BCUT2D eigenvalue weighted by Crippen LogP contribution is -2.16. The average Bonchev–Trinajstić information content (AvgIpc) is 2.56. The molecule has 0 aliphatic carbocycles. The van der Waals surface area contributed by atoms with Crippen molar-refractivity contribution < 1.29 is 27.4 Å². The van der Waals surface area contributed by atoms with Gasteiger partial charge in [0.1, 0.15) is 18.1 Å². The fourth-order valence-corrected chi connectivity index (χ4v) is 1.85. The third-order valence-electron chi connectivity index (χ3n) is 3.00. The van der Waals surface area contributed by atoms with Gasteiger partial charge in [-0.05, 0) is 30.3 Å². The van der Waals surface area contributed by atoms with Crippen molar-refractivity contribution in [2.75, 3.05) is 25.6 Å². The summed E-state index contributed by atoms with van der Waals surface area (Å²) in [5.41, 5.74) is -0.896. The number of benzene rings is 1. The lowest BCUT2D eigenvalue weighted by Gasteiger charge is -2.15. The van der Waals surface area contributed by atoms with E-state index in [9.17, 15) is 18.0 Å². The molecule has 1 aromatic carbocycles. The average molecular weight is 340 g/mol. The van der Waals surface area contributed by atoms with Crippen molar-refractivity contribution in [1.29, 1.82) is 0 Å². The molecule has 2 rings (SSSR count). The zero-order valence-electron chi connectivity index (χ0n) is 12.8. The van der Waals surface area contributed by atoms with Gasteiger partial charge in [0.25, 0.3) is 5.91 Å². The predicted molar refractivity (Wildman–Crippen MR) is 81.0 cm³/mol. The highest BCUT2D eigenvalue weighted by atomic mass is 19.4. The van der Waals surface area contributed by atoms with Crippen molar-refractivity contribution >= 4 is 11.6 Å². The number of hydrogen-bond acceptors (Lipinski definition) is 4. The lowest BCUT2D eigenvalue weighted by molar-refractivity contribution is -0.137. The number of pyridine rings is 1. The maximum Gasteiger partial charge on any atom is 0.416 e. The highest BCUT2D eigenvalue weighted by molar-refractivity contribution is 6.03. The van der Waals surface area contributed by atoms with Crippen LogP contribution in [0, 0.1) is 0 Å². The standard InChI is InChI=1S/C16H15F3N2O3/c1-23-8-9-24-14-6-5-11(16(17,18)19)10-13(14)21-15(22)12-4-2-3-7-20-12/h2-7,10H,8-9H2,1H3,(H,21,22). The van der Waals surface area contributed by atoms with Crippen molar-refractivity contribution in [2.45, 2.75) is 6.18 Å². The van der Waals surface area contributed by atoms with Gasteiger partial charge in [0.05, 0.1) is 17.9 Å². The number of nitrogens with zero attached hydrogens (tertiary/aromatic N) is 1. The third kappa shape index (κ3) is 4.69. The molecule has 0 aliphatic heterocycles. The summed E-state index contributed by atoms with van der Waals surface area (Å²) in [5, 5.41) is 2.40. The molecule has 0 fully saturated rings. The van der Waals surface area contributed by atoms with Crippen LogP contribution in [-0.2, 0) is 10.9 Å². The van der Waals surface area contributed by atoms with Crippen molar-refractivity contribution in [2.24, 2.45) is 0 Å². The lowest BCUT2D eigenvalue weighted by atomic mass is 10.1. The van der Waals surface area contributed by atoms with Crippen LogP contribution in [0.5, 0.6) is 5.75 Å². The quantitative estimate of drug-likeness (QED) is 0.819. The van der Waals surface area contributed by atoms with Gasteiger partial charge in [0.2, 0.25) is 0 Å². The fourth-order valence-electron chi connectivity index (χ4n) is 1.85. The number of ether oxygens (including phenoxy) is 2. The van der Waals surface area contributed by atoms with E-state index < -0.39 is 17.6 Å². The van der Waals surface area contributed by atoms with Crippen molar-refractivity contribution in [3.05, 3.63) is 53.9 Å². The van der Waals surface area contributed by atoms with E-state index in [2.05, 4.69) is 10.3 Å². The maximum absolute atomic E-state index is 12.9. The van der Waals surface area contributed by atoms with E-state index in [1.165, 1.54) is 19.4 Å². The zero-order chi connectivity index (χ0) is 17.6. The minimum atomic E-state index is -4.53. The van der Waals surface area contributed by atoms with Crippen LogP contribution in [0.2, 0.25) is 0 Å². The van der Waals surface area contributed by atoms with Crippen LogP contribution in [0.15, 0.2) is 42.6 Å². The number of carbonyl (C=O) groups excluding carboxylic acids is 1. The molecule has 1 N–H and O–H groups in total. The Morgan fingerprint density at radius 2 is 2.00 bits per heavy atom. The van der Waals surface area contributed by atoms with Crippen LogP contribution in [0.25, 0.3) is 0 Å². The summed E-state index contributed by atoms with van der Waals surface area (Å²) in [6, 6.07) is 7.55. The van der Waals surface area contributed by atoms with Crippen LogP contribution < -0.4 is 10.1 Å². The van der Waals surface area contributed by atoms with Gasteiger partial charge in [0, 0.05) is 13.3 Å². The summed E-state index contributed by atoms with van der Waals surface area (Å²) in [6.07, 6.45) is -3.12. The first-order valence-electron chi connectivity index (χ1n) is 6.97. The smallest absolute Gasteiger partial charge is 0.416 e. The Balaban J connectivity index is 2.27. The molecule has 1 heterocycles. The highest BCUT2D eigenvalue weighted by Crippen LogP contribution is 2.35. The van der Waals surface area contributed by atoms with Gasteiger partial charge in [-0.25, -0.2) is 0 Å². The molecule has 0 saturated carbocycles. The van der Waals surface area contributed by atoms with E-state index in [0.29, 0.717) is 0 Å². The van der Waals surface area contributed by atoms with Gasteiger partial charge < -0.3 is 14.8 Å². The molecule has 0 unspecified atom stereocenters. The van der Waals surface area contributed by atoms with Gasteiger partial charge in [-0.3, -0.25) is 9.78 Å². The van der Waals surface area contributed by atoms with Gasteiger partial charge in [-0.1, -0.05) is 6.07 Å². The first-order chi connectivity index (χ1) is 11.4. The molecule has 128 valence electrons. The molecular formula is C16H15F3N2O3. The summed E-state index contributed by atoms with van der Waals surface area (Å²) >= 11 is 0. The highest BCUT2D eigenvalue weighted by Gasteiger charge is 2.31. The third-order valence-corrected chi connectivity index (χ3v) is 3.00. The number of methoxy groups -OCH3 is 1. The molecule has 0 atom stereocenters. The SMILES string of the molecule is COCCOc1ccc(C(F)(F)F)cc1NC(=O)c1ccccn1. The van der Waals surface area contributed by atoms with Crippen LogP contribution in [0.3, 0.4) is 0 Å². The van der Waals surface area contributed by atoms with Crippen molar-refractivity contribution in [1.82, 2.24) is 4.98 Å². The molecular weight excluding hydrogens is 325 g/mol. The number of hydrogen-bond donors (Lipinski definition) is 1. The Morgan fingerprint density at radius 3 is 2.62 bits per heavy atom. The monoisotopic (exact) mass is 340 g/mol. The molecule has 0 radical (unpaired) electrons. The molecule has 0 aliphatic rings. The van der Waals surface area contributed by atoms with Crippen LogP contribution >= 0.6 is 0 Å². The number of anilines is 1. The van der Waals surface area contributed by atoms with Crippen LogP contribution in [0.4, 0.5) is 18.9 Å². The number of aromatic nitrogens is 1. The number of amides is 1.